The normalized spacial score (nSPS) is 13.0. The molecule has 0 aliphatic carbocycles. The molecular weight excluding hydrogens is 290 g/mol. The number of carbonyl (C=O) groups excluding carboxylic acids is 1. The smallest absolute Gasteiger partial charge is 0.320 e. The van der Waals surface area contributed by atoms with Gasteiger partial charge in [-0.15, -0.1) is 0 Å². The van der Waals surface area contributed by atoms with Crippen LogP contribution in [0.3, 0.4) is 0 Å². The highest BCUT2D eigenvalue weighted by molar-refractivity contribution is 5.85. The summed E-state index contributed by atoms with van der Waals surface area (Å²) < 4.78 is 5.11. The van der Waals surface area contributed by atoms with Crippen molar-refractivity contribution in [2.24, 2.45) is 4.99 Å². The summed E-state index contributed by atoms with van der Waals surface area (Å²) in [6.45, 7) is 6.55. The second-order valence-electron chi connectivity index (χ2n) is 4.95. The molecule has 0 fully saturated rings. The molecule has 2 amide bonds. The van der Waals surface area contributed by atoms with Crippen LogP contribution in [-0.2, 0) is 6.42 Å². The van der Waals surface area contributed by atoms with Gasteiger partial charge in [-0.1, -0.05) is 26.0 Å². The zero-order chi connectivity index (χ0) is 17.1. The Balaban J connectivity index is 0.00000127. The zero-order valence-electron chi connectivity index (χ0n) is 14.5. The van der Waals surface area contributed by atoms with Gasteiger partial charge in [-0.05, 0) is 50.0 Å². The molecule has 0 unspecified atom stereocenters. The van der Waals surface area contributed by atoms with E-state index in [2.05, 4.69) is 15.6 Å². The summed E-state index contributed by atoms with van der Waals surface area (Å²) in [7, 11) is 1.64. The second-order valence-corrected chi connectivity index (χ2v) is 4.95. The molecule has 23 heavy (non-hydrogen) atoms. The summed E-state index contributed by atoms with van der Waals surface area (Å²) in [5.41, 5.74) is 2.20. The standard InChI is InChI=1S/C16H21N3O2.C2H6/c1-12-4-3-5-15(18-12)19-16(20)17-11-10-13-6-8-14(21-2)9-7-13;1-2/h5-9H,3-4,10-11H2,1-2H3,(H2,17,19,20);1-2H3. The van der Waals surface area contributed by atoms with Crippen molar-refractivity contribution in [1.82, 2.24) is 10.6 Å². The number of aliphatic imine (C=N–C) groups is 1. The van der Waals surface area contributed by atoms with Crippen LogP contribution in [0.5, 0.6) is 5.75 Å². The fourth-order valence-corrected chi connectivity index (χ4v) is 2.08. The third-order valence-electron chi connectivity index (χ3n) is 3.26. The minimum absolute atomic E-state index is 0.215. The van der Waals surface area contributed by atoms with Crippen molar-refractivity contribution >= 4 is 11.7 Å². The Labute approximate surface area is 138 Å². The minimum Gasteiger partial charge on any atom is -0.497 e. The number of rotatable bonds is 5. The lowest BCUT2D eigenvalue weighted by Gasteiger charge is -2.12. The number of ether oxygens (including phenoxy) is 1. The second kappa shape index (κ2) is 10.4. The van der Waals surface area contributed by atoms with Crippen LogP contribution in [-0.4, -0.2) is 25.4 Å². The SMILES string of the molecule is CC.COc1ccc(CCNC(=O)NC2=CCCC(C)=N2)cc1. The number of nitrogens with zero attached hydrogens (tertiary/aromatic N) is 1. The number of methoxy groups -OCH3 is 1. The van der Waals surface area contributed by atoms with Gasteiger partial charge in [0.15, 0.2) is 0 Å². The summed E-state index contributed by atoms with van der Waals surface area (Å²) >= 11 is 0. The topological polar surface area (TPSA) is 62.7 Å². The van der Waals surface area contributed by atoms with Crippen LogP contribution in [0, 0.1) is 0 Å². The summed E-state index contributed by atoms with van der Waals surface area (Å²) in [6, 6.07) is 7.61. The van der Waals surface area contributed by atoms with Gasteiger partial charge in [-0.2, -0.15) is 0 Å². The van der Waals surface area contributed by atoms with E-state index in [9.17, 15) is 4.79 Å². The third-order valence-corrected chi connectivity index (χ3v) is 3.26. The first-order valence-electron chi connectivity index (χ1n) is 8.09. The number of amides is 2. The third kappa shape index (κ3) is 7.00. The van der Waals surface area contributed by atoms with Crippen molar-refractivity contribution in [3.05, 3.63) is 41.7 Å². The van der Waals surface area contributed by atoms with Gasteiger partial charge >= 0.3 is 6.03 Å². The number of nitrogens with one attached hydrogen (secondary N) is 2. The molecule has 2 rings (SSSR count). The van der Waals surface area contributed by atoms with Gasteiger partial charge in [0.05, 0.1) is 7.11 Å². The molecule has 0 spiro atoms. The van der Waals surface area contributed by atoms with Crippen LogP contribution in [0.25, 0.3) is 0 Å². The molecule has 5 nitrogen and oxygen atoms in total. The van der Waals surface area contributed by atoms with Gasteiger partial charge in [-0.25, -0.2) is 9.79 Å². The minimum atomic E-state index is -0.215. The van der Waals surface area contributed by atoms with Crippen LogP contribution in [0.15, 0.2) is 41.2 Å². The first kappa shape index (κ1) is 18.7. The molecule has 1 aliphatic heterocycles. The molecule has 5 heteroatoms. The van der Waals surface area contributed by atoms with Crippen LogP contribution in [0.2, 0.25) is 0 Å². The molecule has 0 radical (unpaired) electrons. The zero-order valence-corrected chi connectivity index (χ0v) is 14.5. The lowest BCUT2D eigenvalue weighted by molar-refractivity contribution is 0.243. The van der Waals surface area contributed by atoms with E-state index in [0.717, 1.165) is 36.3 Å². The lowest BCUT2D eigenvalue weighted by atomic mass is 10.1. The molecule has 1 aromatic carbocycles. The Morgan fingerprint density at radius 3 is 2.57 bits per heavy atom. The predicted molar refractivity (Wildman–Crippen MR) is 95.0 cm³/mol. The maximum absolute atomic E-state index is 11.8. The van der Waals surface area contributed by atoms with Gasteiger partial charge in [0.2, 0.25) is 0 Å². The Bertz CT molecular complexity index is 548. The summed E-state index contributed by atoms with van der Waals surface area (Å²) in [6.07, 6.45) is 4.61. The number of benzene rings is 1. The van der Waals surface area contributed by atoms with Crippen LogP contribution in [0.4, 0.5) is 4.79 Å². The molecule has 1 heterocycles. The summed E-state index contributed by atoms with van der Waals surface area (Å²) in [4.78, 5) is 16.1. The van der Waals surface area contributed by atoms with Gasteiger partial charge in [-0.3, -0.25) is 5.32 Å². The van der Waals surface area contributed by atoms with Crippen molar-refractivity contribution in [3.63, 3.8) is 0 Å². The highest BCUT2D eigenvalue weighted by atomic mass is 16.5. The molecule has 0 aromatic heterocycles. The molecule has 2 N–H and O–H groups in total. The molecule has 126 valence electrons. The maximum Gasteiger partial charge on any atom is 0.320 e. The van der Waals surface area contributed by atoms with Gasteiger partial charge in [0.1, 0.15) is 11.6 Å². The summed E-state index contributed by atoms with van der Waals surface area (Å²) in [5, 5.41) is 5.59. The van der Waals surface area contributed by atoms with Crippen LogP contribution >= 0.6 is 0 Å². The Morgan fingerprint density at radius 2 is 1.96 bits per heavy atom. The van der Waals surface area contributed by atoms with Crippen molar-refractivity contribution in [2.75, 3.05) is 13.7 Å². The quantitative estimate of drug-likeness (QED) is 0.870. The van der Waals surface area contributed by atoms with Crippen molar-refractivity contribution < 1.29 is 9.53 Å². The average molecular weight is 317 g/mol. The maximum atomic E-state index is 11.8. The van der Waals surface area contributed by atoms with E-state index >= 15 is 0 Å². The monoisotopic (exact) mass is 317 g/mol. The van der Waals surface area contributed by atoms with Crippen LogP contribution < -0.4 is 15.4 Å². The Hall–Kier alpha value is -2.30. The molecule has 0 saturated heterocycles. The highest BCUT2D eigenvalue weighted by Crippen LogP contribution is 2.11. The van der Waals surface area contributed by atoms with Crippen molar-refractivity contribution in [3.8, 4) is 5.75 Å². The molecule has 0 bridgehead atoms. The van der Waals surface area contributed by atoms with E-state index in [1.165, 1.54) is 0 Å². The van der Waals surface area contributed by atoms with E-state index in [-0.39, 0.29) is 6.03 Å². The number of hydrogen-bond donors (Lipinski definition) is 2. The molecule has 1 aliphatic rings. The number of urea groups is 1. The van der Waals surface area contributed by atoms with E-state index in [1.54, 1.807) is 7.11 Å². The van der Waals surface area contributed by atoms with E-state index in [1.807, 2.05) is 51.1 Å². The number of hydrogen-bond acceptors (Lipinski definition) is 3. The highest BCUT2D eigenvalue weighted by Gasteiger charge is 2.07. The molecule has 0 saturated carbocycles. The largest absolute Gasteiger partial charge is 0.497 e. The van der Waals surface area contributed by atoms with Crippen LogP contribution in [0.1, 0.15) is 39.2 Å². The molecule has 1 aromatic rings. The first-order valence-corrected chi connectivity index (χ1v) is 8.09. The molecular formula is C18H27N3O2. The fraction of sp³-hybridized carbons (Fsp3) is 0.444. The lowest BCUT2D eigenvalue weighted by Crippen LogP contribution is -2.36. The number of carbonyl (C=O) groups is 1. The Kier molecular flexibility index (Phi) is 8.50. The number of allylic oxidation sites excluding steroid dienone is 1. The fourth-order valence-electron chi connectivity index (χ4n) is 2.08. The van der Waals surface area contributed by atoms with Crippen molar-refractivity contribution in [1.29, 1.82) is 0 Å². The first-order chi connectivity index (χ1) is 11.2. The predicted octanol–water partition coefficient (Wildman–Crippen LogP) is 3.66. The average Bonchev–Trinajstić information content (AvgIpc) is 2.57. The van der Waals surface area contributed by atoms with Gasteiger partial charge < -0.3 is 10.1 Å². The van der Waals surface area contributed by atoms with Gasteiger partial charge in [0.25, 0.3) is 0 Å². The van der Waals surface area contributed by atoms with Crippen molar-refractivity contribution in [2.45, 2.75) is 40.0 Å². The summed E-state index contributed by atoms with van der Waals surface area (Å²) in [5.74, 6) is 1.47. The van der Waals surface area contributed by atoms with E-state index in [0.29, 0.717) is 12.4 Å². The Morgan fingerprint density at radius 1 is 1.26 bits per heavy atom. The molecule has 0 atom stereocenters. The van der Waals surface area contributed by atoms with E-state index < -0.39 is 0 Å². The van der Waals surface area contributed by atoms with Gasteiger partial charge in [0, 0.05) is 12.3 Å². The van der Waals surface area contributed by atoms with E-state index in [4.69, 9.17) is 4.74 Å².